The molecule has 58 heavy (non-hydrogen) atoms. The molecule has 1 aromatic heterocycles. The molecule has 6 aromatic carbocycles. The second kappa shape index (κ2) is 17.5. The molecule has 1 aliphatic carbocycles. The van der Waals surface area contributed by atoms with E-state index >= 15 is 0 Å². The molecule has 0 spiro atoms. The Hall–Kier alpha value is -6.90. The molecule has 0 fully saturated rings. The smallest absolute Gasteiger partial charge is 0.0541 e. The highest BCUT2D eigenvalue weighted by molar-refractivity contribution is 6.10. The van der Waals surface area contributed by atoms with Crippen molar-refractivity contribution in [2.75, 3.05) is 0 Å². The Morgan fingerprint density at radius 2 is 1.41 bits per heavy atom. The van der Waals surface area contributed by atoms with Crippen molar-refractivity contribution < 1.29 is 0 Å². The zero-order chi connectivity index (χ0) is 39.8. The van der Waals surface area contributed by atoms with Crippen LogP contribution in [0.4, 0.5) is 0 Å². The van der Waals surface area contributed by atoms with Crippen LogP contribution in [-0.4, -0.2) is 4.57 Å². The zero-order valence-corrected chi connectivity index (χ0v) is 33.5. The lowest BCUT2D eigenvalue weighted by atomic mass is 9.90. The van der Waals surface area contributed by atoms with Gasteiger partial charge >= 0.3 is 0 Å². The summed E-state index contributed by atoms with van der Waals surface area (Å²) in [6.45, 7) is 8.73. The van der Waals surface area contributed by atoms with Crippen molar-refractivity contribution >= 4 is 44.2 Å². The van der Waals surface area contributed by atoms with Gasteiger partial charge in [-0.05, 0) is 137 Å². The van der Waals surface area contributed by atoms with Crippen molar-refractivity contribution in [3.8, 4) is 5.69 Å². The topological polar surface area (TPSA) is 30.9 Å². The number of para-hydroxylation sites is 1. The minimum absolute atomic E-state index is 0.739. The molecule has 0 saturated carbocycles. The van der Waals surface area contributed by atoms with Crippen molar-refractivity contribution in [1.82, 2.24) is 4.57 Å². The van der Waals surface area contributed by atoms with E-state index < -0.39 is 0 Å². The third kappa shape index (κ3) is 8.28. The maximum Gasteiger partial charge on any atom is 0.0541 e. The number of hydrogen-bond acceptors (Lipinski definition) is 1. The van der Waals surface area contributed by atoms with Crippen LogP contribution in [0.25, 0.3) is 49.9 Å². The Labute approximate surface area is 343 Å². The van der Waals surface area contributed by atoms with Gasteiger partial charge in [0.25, 0.3) is 0 Å². The van der Waals surface area contributed by atoms with Gasteiger partial charge in [0.15, 0.2) is 0 Å². The molecular weight excluding hydrogens is 701 g/mol. The summed E-state index contributed by atoms with van der Waals surface area (Å²) in [5.74, 6) is 0. The molecular formula is C56H50N2. The Balaban J connectivity index is 1.13. The minimum Gasteiger partial charge on any atom is -0.398 e. The number of benzene rings is 6. The highest BCUT2D eigenvalue weighted by atomic mass is 15.0. The molecule has 8 rings (SSSR count). The lowest BCUT2D eigenvalue weighted by Crippen LogP contribution is -2.01. The van der Waals surface area contributed by atoms with E-state index in [1.54, 1.807) is 0 Å². The van der Waals surface area contributed by atoms with E-state index in [-0.39, 0.29) is 0 Å². The van der Waals surface area contributed by atoms with E-state index in [9.17, 15) is 0 Å². The molecule has 7 aromatic rings. The number of nitrogens with two attached hydrogens (primary N) is 1. The van der Waals surface area contributed by atoms with Crippen molar-refractivity contribution in [2.45, 2.75) is 39.5 Å². The molecule has 0 saturated heterocycles. The van der Waals surface area contributed by atoms with Crippen LogP contribution in [0.3, 0.4) is 0 Å². The largest absolute Gasteiger partial charge is 0.398 e. The monoisotopic (exact) mass is 750 g/mol. The van der Waals surface area contributed by atoms with E-state index in [2.05, 4.69) is 195 Å². The van der Waals surface area contributed by atoms with Gasteiger partial charge in [-0.15, -0.1) is 0 Å². The van der Waals surface area contributed by atoms with Crippen molar-refractivity contribution in [3.63, 3.8) is 0 Å². The second-order valence-electron chi connectivity index (χ2n) is 15.2. The Morgan fingerprint density at radius 3 is 2.17 bits per heavy atom. The first kappa shape index (κ1) is 38.0. The van der Waals surface area contributed by atoms with Gasteiger partial charge in [0.1, 0.15) is 0 Å². The number of allylic oxidation sites excluding steroid dienone is 12. The molecule has 0 bridgehead atoms. The van der Waals surface area contributed by atoms with Crippen LogP contribution >= 0.6 is 0 Å². The number of nitrogens with zero attached hydrogens (tertiary/aromatic N) is 1. The van der Waals surface area contributed by atoms with Crippen molar-refractivity contribution in [3.05, 3.63) is 245 Å². The predicted molar refractivity (Wildman–Crippen MR) is 251 cm³/mol. The fourth-order valence-corrected chi connectivity index (χ4v) is 8.25. The van der Waals surface area contributed by atoms with Gasteiger partial charge in [0.05, 0.1) is 11.0 Å². The first-order valence-electron chi connectivity index (χ1n) is 20.3. The van der Waals surface area contributed by atoms with E-state index in [1.165, 1.54) is 77.6 Å². The molecule has 284 valence electrons. The summed E-state index contributed by atoms with van der Waals surface area (Å²) in [5.41, 5.74) is 24.3. The van der Waals surface area contributed by atoms with Gasteiger partial charge in [-0.25, -0.2) is 0 Å². The fraction of sp³-hybridized carbons (Fsp3) is 0.107. The third-order valence-electron chi connectivity index (χ3n) is 11.3. The first-order chi connectivity index (χ1) is 28.5. The van der Waals surface area contributed by atoms with Crippen LogP contribution in [0.5, 0.6) is 0 Å². The fourth-order valence-electron chi connectivity index (χ4n) is 8.25. The molecule has 0 radical (unpaired) electrons. The Bertz CT molecular complexity index is 2780. The average Bonchev–Trinajstić information content (AvgIpc) is 3.61. The summed E-state index contributed by atoms with van der Waals surface area (Å²) in [5, 5.41) is 2.50. The summed E-state index contributed by atoms with van der Waals surface area (Å²) in [7, 11) is 0. The van der Waals surface area contributed by atoms with E-state index in [1.807, 2.05) is 24.3 Å². The summed E-state index contributed by atoms with van der Waals surface area (Å²) in [4.78, 5) is 0. The van der Waals surface area contributed by atoms with Crippen LogP contribution < -0.4 is 5.73 Å². The lowest BCUT2D eigenvalue weighted by Gasteiger charge is -2.15. The SMILES string of the molecule is C=C/C(=C(C)\C=C(/C)c1ccc2c(c1)c1ccccc1n2-c1ccc(C2=CC=CCC2)cc1)c1ccccc1CC(=C/Cc1ccccc1)/C=C(\N)c1ccccc1. The average molecular weight is 751 g/mol. The number of aromatic nitrogens is 1. The van der Waals surface area contributed by atoms with E-state index in [0.29, 0.717) is 0 Å². The standard InChI is InChI=1S/C56H50N2/c1-4-50(51-25-15-14-24-48(51)37-43(29-28-42-18-8-5-9-19-42)38-54(57)46-22-12-7-13-23-46)41(3)36-40(2)47-32-35-56-53(39-47)52-26-16-17-27-55(52)58(56)49-33-30-45(31-34-49)44-20-10-6-11-21-44/h4-10,12-20,22-27,29-36,38-39H,1,11,21,28,37,57H2,2-3H3/b40-36+,43-29-,50-41+,54-38-. The summed E-state index contributed by atoms with van der Waals surface area (Å²) in [6, 6.07) is 54.2. The van der Waals surface area contributed by atoms with Crippen LogP contribution in [-0.2, 0) is 12.8 Å². The normalized spacial score (nSPS) is 14.1. The van der Waals surface area contributed by atoms with Gasteiger partial charge in [-0.3, -0.25) is 0 Å². The van der Waals surface area contributed by atoms with E-state index in [4.69, 9.17) is 5.73 Å². The van der Waals surface area contributed by atoms with Crippen molar-refractivity contribution in [1.29, 1.82) is 0 Å². The molecule has 0 atom stereocenters. The molecule has 0 unspecified atom stereocenters. The number of hydrogen-bond donors (Lipinski definition) is 1. The summed E-state index contributed by atoms with van der Waals surface area (Å²) >= 11 is 0. The first-order valence-corrected chi connectivity index (χ1v) is 20.3. The van der Waals surface area contributed by atoms with Gasteiger partial charge in [-0.2, -0.15) is 0 Å². The highest BCUT2D eigenvalue weighted by Gasteiger charge is 2.15. The molecule has 1 heterocycles. The molecule has 2 heteroatoms. The third-order valence-corrected chi connectivity index (χ3v) is 11.3. The molecule has 1 aliphatic rings. The molecule has 0 amide bonds. The minimum atomic E-state index is 0.739. The van der Waals surface area contributed by atoms with Gasteiger partial charge in [0.2, 0.25) is 0 Å². The van der Waals surface area contributed by atoms with Gasteiger partial charge < -0.3 is 10.3 Å². The molecule has 2 nitrogen and oxygen atoms in total. The van der Waals surface area contributed by atoms with Crippen LogP contribution in [0.1, 0.15) is 60.1 Å². The predicted octanol–water partition coefficient (Wildman–Crippen LogP) is 14.3. The zero-order valence-electron chi connectivity index (χ0n) is 33.5. The Kier molecular flexibility index (Phi) is 11.5. The number of fused-ring (bicyclic) bond motifs is 3. The molecule has 2 N–H and O–H groups in total. The Morgan fingerprint density at radius 1 is 0.707 bits per heavy atom. The lowest BCUT2D eigenvalue weighted by molar-refractivity contribution is 1.05. The summed E-state index contributed by atoms with van der Waals surface area (Å²) in [6.07, 6.45) is 19.2. The van der Waals surface area contributed by atoms with Crippen LogP contribution in [0, 0.1) is 0 Å². The maximum absolute atomic E-state index is 6.71. The van der Waals surface area contributed by atoms with Crippen LogP contribution in [0.2, 0.25) is 0 Å². The van der Waals surface area contributed by atoms with E-state index in [0.717, 1.165) is 42.5 Å². The summed E-state index contributed by atoms with van der Waals surface area (Å²) < 4.78 is 2.40. The quantitative estimate of drug-likeness (QED) is 0.124. The number of rotatable bonds is 12. The van der Waals surface area contributed by atoms with Gasteiger partial charge in [-0.1, -0.05) is 164 Å². The molecule has 0 aliphatic heterocycles. The van der Waals surface area contributed by atoms with Gasteiger partial charge in [0, 0.05) is 22.2 Å². The van der Waals surface area contributed by atoms with Crippen LogP contribution in [0.15, 0.2) is 212 Å². The maximum atomic E-state index is 6.71. The van der Waals surface area contributed by atoms with Crippen molar-refractivity contribution in [2.24, 2.45) is 5.73 Å². The second-order valence-corrected chi connectivity index (χ2v) is 15.2. The highest BCUT2D eigenvalue weighted by Crippen LogP contribution is 2.36.